The first-order valence-corrected chi connectivity index (χ1v) is 8.77. The van der Waals surface area contributed by atoms with Crippen molar-refractivity contribution in [1.29, 1.82) is 0 Å². The van der Waals surface area contributed by atoms with Crippen molar-refractivity contribution < 1.29 is 24.2 Å². The molecule has 1 heterocycles. The van der Waals surface area contributed by atoms with Gasteiger partial charge in [-0.05, 0) is 29.8 Å². The molecule has 1 aliphatic heterocycles. The fourth-order valence-corrected chi connectivity index (χ4v) is 3.31. The zero-order chi connectivity index (χ0) is 20.3. The molecule has 0 aliphatic carbocycles. The molecule has 146 valence electrons. The number of rotatable bonds is 6. The molecule has 28 heavy (non-hydrogen) atoms. The molecular formula is C19H18ClN3O5. The van der Waals surface area contributed by atoms with Crippen LogP contribution in [-0.2, 0) is 17.9 Å². The van der Waals surface area contributed by atoms with Crippen LogP contribution in [0.3, 0.4) is 0 Å². The molecule has 8 nitrogen and oxygen atoms in total. The smallest absolute Gasteiger partial charge is 0.411 e. The summed E-state index contributed by atoms with van der Waals surface area (Å²) in [5, 5.41) is 14.1. The second-order valence-corrected chi connectivity index (χ2v) is 6.58. The quantitative estimate of drug-likeness (QED) is 0.684. The van der Waals surface area contributed by atoms with Gasteiger partial charge < -0.3 is 20.1 Å². The van der Waals surface area contributed by atoms with Crippen molar-refractivity contribution in [3.05, 3.63) is 58.1 Å². The Morgan fingerprint density at radius 2 is 2.07 bits per heavy atom. The van der Waals surface area contributed by atoms with E-state index < -0.39 is 12.0 Å². The molecular weight excluding hydrogens is 386 g/mol. The molecule has 3 amide bonds. The Morgan fingerprint density at radius 3 is 2.75 bits per heavy atom. The van der Waals surface area contributed by atoms with Gasteiger partial charge in [0.2, 0.25) is 5.91 Å². The van der Waals surface area contributed by atoms with E-state index in [0.29, 0.717) is 22.9 Å². The van der Waals surface area contributed by atoms with Gasteiger partial charge in [-0.1, -0.05) is 23.7 Å². The van der Waals surface area contributed by atoms with Crippen LogP contribution in [-0.4, -0.2) is 41.6 Å². The van der Waals surface area contributed by atoms with E-state index in [2.05, 4.69) is 5.32 Å². The number of carbonyl (C=O) groups is 3. The minimum Gasteiger partial charge on any atom is -0.495 e. The molecule has 0 saturated carbocycles. The summed E-state index contributed by atoms with van der Waals surface area (Å²) in [4.78, 5) is 36.0. The molecule has 1 aliphatic rings. The highest BCUT2D eigenvalue weighted by Gasteiger charge is 2.30. The molecule has 0 aromatic heterocycles. The molecule has 2 aromatic carbocycles. The summed E-state index contributed by atoms with van der Waals surface area (Å²) in [6.07, 6.45) is -1.45. The summed E-state index contributed by atoms with van der Waals surface area (Å²) in [6.45, 7) is 0.370. The molecule has 0 radical (unpaired) electrons. The number of ether oxygens (including phenoxy) is 1. The minimum atomic E-state index is -1.45. The molecule has 0 bridgehead atoms. The predicted octanol–water partition coefficient (Wildman–Crippen LogP) is 2.71. The first-order valence-electron chi connectivity index (χ1n) is 8.39. The number of fused-ring (bicyclic) bond motifs is 1. The SMILES string of the molecule is COc1ccc(CNc2cccc3c2CN(CC(=O)NC(=O)O)C3=O)cc1Cl. The van der Waals surface area contributed by atoms with Gasteiger partial charge in [0.25, 0.3) is 5.91 Å². The maximum Gasteiger partial charge on any atom is 0.411 e. The highest BCUT2D eigenvalue weighted by molar-refractivity contribution is 6.32. The lowest BCUT2D eigenvalue weighted by Crippen LogP contribution is -2.39. The van der Waals surface area contributed by atoms with E-state index in [0.717, 1.165) is 16.8 Å². The number of amides is 3. The number of anilines is 1. The number of imide groups is 1. The third-order valence-corrected chi connectivity index (χ3v) is 4.62. The lowest BCUT2D eigenvalue weighted by atomic mass is 10.1. The summed E-state index contributed by atoms with van der Waals surface area (Å²) in [7, 11) is 1.55. The summed E-state index contributed by atoms with van der Waals surface area (Å²) >= 11 is 6.14. The highest BCUT2D eigenvalue weighted by atomic mass is 35.5. The van der Waals surface area contributed by atoms with Crippen LogP contribution >= 0.6 is 11.6 Å². The molecule has 0 saturated heterocycles. The van der Waals surface area contributed by atoms with E-state index >= 15 is 0 Å². The van der Waals surface area contributed by atoms with Crippen molar-refractivity contribution in [3.8, 4) is 5.75 Å². The molecule has 9 heteroatoms. The number of methoxy groups -OCH3 is 1. The van der Waals surface area contributed by atoms with Crippen LogP contribution in [0.15, 0.2) is 36.4 Å². The minimum absolute atomic E-state index is 0.216. The maximum absolute atomic E-state index is 12.5. The zero-order valence-electron chi connectivity index (χ0n) is 15.0. The normalized spacial score (nSPS) is 12.5. The molecule has 0 unspecified atom stereocenters. The number of hydrogen-bond acceptors (Lipinski definition) is 5. The summed E-state index contributed by atoms with van der Waals surface area (Å²) in [5.41, 5.74) is 2.94. The highest BCUT2D eigenvalue weighted by Crippen LogP contribution is 2.30. The number of carbonyl (C=O) groups excluding carboxylic acids is 2. The van der Waals surface area contributed by atoms with Crippen LogP contribution in [0, 0.1) is 0 Å². The molecule has 3 rings (SSSR count). The monoisotopic (exact) mass is 403 g/mol. The van der Waals surface area contributed by atoms with Crippen molar-refractivity contribution in [2.45, 2.75) is 13.1 Å². The van der Waals surface area contributed by atoms with Crippen molar-refractivity contribution in [2.75, 3.05) is 19.0 Å². The largest absolute Gasteiger partial charge is 0.495 e. The van der Waals surface area contributed by atoms with Gasteiger partial charge in [-0.2, -0.15) is 0 Å². The van der Waals surface area contributed by atoms with Crippen molar-refractivity contribution in [1.82, 2.24) is 10.2 Å². The third kappa shape index (κ3) is 4.17. The lowest BCUT2D eigenvalue weighted by molar-refractivity contribution is -0.121. The topological polar surface area (TPSA) is 108 Å². The molecule has 0 atom stereocenters. The van der Waals surface area contributed by atoms with Crippen molar-refractivity contribution in [3.63, 3.8) is 0 Å². The van der Waals surface area contributed by atoms with Crippen LogP contribution in [0.4, 0.5) is 10.5 Å². The average molecular weight is 404 g/mol. The number of nitrogens with one attached hydrogen (secondary N) is 2. The van der Waals surface area contributed by atoms with Gasteiger partial charge in [0.1, 0.15) is 12.3 Å². The van der Waals surface area contributed by atoms with Gasteiger partial charge in [0, 0.05) is 29.9 Å². The van der Waals surface area contributed by atoms with Crippen LogP contribution in [0.25, 0.3) is 0 Å². The van der Waals surface area contributed by atoms with Gasteiger partial charge in [-0.3, -0.25) is 14.9 Å². The second-order valence-electron chi connectivity index (χ2n) is 6.17. The van der Waals surface area contributed by atoms with Gasteiger partial charge in [0.05, 0.1) is 12.1 Å². The number of carboxylic acid groups (broad SMARTS) is 1. The van der Waals surface area contributed by atoms with Crippen LogP contribution < -0.4 is 15.4 Å². The number of halogens is 1. The Kier molecular flexibility index (Phi) is 5.70. The maximum atomic E-state index is 12.5. The van der Waals surface area contributed by atoms with Crippen molar-refractivity contribution >= 4 is 35.2 Å². The van der Waals surface area contributed by atoms with E-state index in [-0.39, 0.29) is 19.0 Å². The van der Waals surface area contributed by atoms with E-state index in [1.165, 1.54) is 4.90 Å². The fraction of sp³-hybridized carbons (Fsp3) is 0.211. The Bertz CT molecular complexity index is 947. The summed E-state index contributed by atoms with van der Waals surface area (Å²) in [6, 6.07) is 10.7. The zero-order valence-corrected chi connectivity index (χ0v) is 15.7. The van der Waals surface area contributed by atoms with E-state index in [9.17, 15) is 14.4 Å². The summed E-state index contributed by atoms with van der Waals surface area (Å²) < 4.78 is 5.14. The second kappa shape index (κ2) is 8.18. The Morgan fingerprint density at radius 1 is 1.29 bits per heavy atom. The van der Waals surface area contributed by atoms with Crippen LogP contribution in [0.2, 0.25) is 5.02 Å². The Balaban J connectivity index is 1.71. The first kappa shape index (κ1) is 19.5. The van der Waals surface area contributed by atoms with E-state index in [1.807, 2.05) is 12.1 Å². The summed E-state index contributed by atoms with van der Waals surface area (Å²) in [5.74, 6) is -0.477. The number of nitrogens with zero attached hydrogens (tertiary/aromatic N) is 1. The molecule has 0 fully saturated rings. The predicted molar refractivity (Wildman–Crippen MR) is 103 cm³/mol. The average Bonchev–Trinajstić information content (AvgIpc) is 2.96. The standard InChI is InChI=1S/C19H18ClN3O5/c1-28-16-6-5-11(7-14(16)20)8-21-15-4-2-3-12-13(15)9-23(18(12)25)10-17(24)22-19(26)27/h2-7,21H,8-10H2,1H3,(H,22,24)(H,26,27). The van der Waals surface area contributed by atoms with Gasteiger partial charge >= 0.3 is 6.09 Å². The third-order valence-electron chi connectivity index (χ3n) is 4.32. The van der Waals surface area contributed by atoms with Crippen molar-refractivity contribution in [2.24, 2.45) is 0 Å². The van der Waals surface area contributed by atoms with Crippen LogP contribution in [0.5, 0.6) is 5.75 Å². The molecule has 2 aromatic rings. The van der Waals surface area contributed by atoms with Gasteiger partial charge in [-0.25, -0.2) is 4.79 Å². The molecule has 3 N–H and O–H groups in total. The van der Waals surface area contributed by atoms with E-state index in [1.54, 1.807) is 36.7 Å². The fourth-order valence-electron chi connectivity index (χ4n) is 3.03. The number of hydrogen-bond donors (Lipinski definition) is 3. The van der Waals surface area contributed by atoms with Gasteiger partial charge in [0.15, 0.2) is 0 Å². The van der Waals surface area contributed by atoms with E-state index in [4.69, 9.17) is 21.4 Å². The van der Waals surface area contributed by atoms with Crippen LogP contribution in [0.1, 0.15) is 21.5 Å². The molecule has 0 spiro atoms. The number of benzene rings is 2. The van der Waals surface area contributed by atoms with Gasteiger partial charge in [-0.15, -0.1) is 0 Å². The Hall–Kier alpha value is -3.26. The lowest BCUT2D eigenvalue weighted by Gasteiger charge is -2.14. The first-order chi connectivity index (χ1) is 13.4. The Labute approximate surface area is 166 Å².